The van der Waals surface area contributed by atoms with Crippen molar-refractivity contribution in [3.8, 4) is 5.75 Å². The molecule has 0 atom stereocenters. The van der Waals surface area contributed by atoms with Crippen molar-refractivity contribution in [1.29, 1.82) is 0 Å². The van der Waals surface area contributed by atoms with Crippen LogP contribution >= 0.6 is 0 Å². The average Bonchev–Trinajstić information content (AvgIpc) is 2.85. The summed E-state index contributed by atoms with van der Waals surface area (Å²) in [4.78, 5) is 0.463. The molecule has 2 aromatic heterocycles. The molecule has 0 saturated carbocycles. The second-order valence-electron chi connectivity index (χ2n) is 5.99. The van der Waals surface area contributed by atoms with Crippen LogP contribution in [0.3, 0.4) is 0 Å². The zero-order valence-electron chi connectivity index (χ0n) is 13.3. The third kappa shape index (κ3) is 2.51. The number of pyridine rings is 1. The summed E-state index contributed by atoms with van der Waals surface area (Å²) >= 11 is 0. The number of rotatable bonds is 3. The molecular weight excluding hydrogens is 310 g/mol. The lowest BCUT2D eigenvalue weighted by Gasteiger charge is -2.08. The first-order valence-electron chi connectivity index (χ1n) is 7.46. The van der Waals surface area contributed by atoms with Crippen LogP contribution in [0.4, 0.5) is 0 Å². The second kappa shape index (κ2) is 5.42. The van der Waals surface area contributed by atoms with Crippen molar-refractivity contribution in [1.82, 2.24) is 4.40 Å². The molecule has 120 valence electrons. The fourth-order valence-electron chi connectivity index (χ4n) is 2.92. The number of sulfone groups is 1. The Kier molecular flexibility index (Phi) is 3.68. The minimum absolute atomic E-state index is 0.0446. The Labute approximate surface area is 135 Å². The summed E-state index contributed by atoms with van der Waals surface area (Å²) in [6.45, 7) is 6.15. The number of aromatic hydroxyl groups is 1. The molecule has 3 rings (SSSR count). The van der Waals surface area contributed by atoms with Crippen LogP contribution < -0.4 is 0 Å². The van der Waals surface area contributed by atoms with Gasteiger partial charge in [-0.1, -0.05) is 13.8 Å². The van der Waals surface area contributed by atoms with Crippen LogP contribution in [0.25, 0.3) is 5.52 Å². The van der Waals surface area contributed by atoms with Gasteiger partial charge in [-0.25, -0.2) is 8.42 Å². The second-order valence-corrected chi connectivity index (χ2v) is 7.91. The van der Waals surface area contributed by atoms with Gasteiger partial charge in [0.15, 0.2) is 0 Å². The van der Waals surface area contributed by atoms with Gasteiger partial charge in [0.1, 0.15) is 5.75 Å². The third-order valence-corrected chi connectivity index (χ3v) is 5.91. The van der Waals surface area contributed by atoms with Crippen LogP contribution in [-0.4, -0.2) is 17.9 Å². The molecule has 5 heteroatoms. The summed E-state index contributed by atoms with van der Waals surface area (Å²) in [5.74, 6) is 0.363. The first-order chi connectivity index (χ1) is 10.8. The molecule has 0 unspecified atom stereocenters. The number of fused-ring (bicyclic) bond motifs is 1. The van der Waals surface area contributed by atoms with Gasteiger partial charge in [-0.05, 0) is 60.4 Å². The molecule has 1 N–H and O–H groups in total. The van der Waals surface area contributed by atoms with Gasteiger partial charge in [0.25, 0.3) is 0 Å². The maximum atomic E-state index is 13.0. The van der Waals surface area contributed by atoms with E-state index in [1.807, 2.05) is 23.7 Å². The number of nitrogens with zero attached hydrogens (tertiary/aromatic N) is 1. The monoisotopic (exact) mass is 329 g/mol. The highest BCUT2D eigenvalue weighted by Crippen LogP contribution is 2.32. The molecule has 0 saturated heterocycles. The van der Waals surface area contributed by atoms with E-state index in [9.17, 15) is 13.5 Å². The smallest absolute Gasteiger partial charge is 0.208 e. The molecule has 0 aliphatic rings. The molecule has 0 radical (unpaired) electrons. The summed E-state index contributed by atoms with van der Waals surface area (Å²) in [6, 6.07) is 9.00. The Morgan fingerprint density at radius 1 is 1.09 bits per heavy atom. The normalized spacial score (nSPS) is 12.2. The number of hydrogen-bond donors (Lipinski definition) is 1. The van der Waals surface area contributed by atoms with E-state index >= 15 is 0 Å². The van der Waals surface area contributed by atoms with Crippen molar-refractivity contribution < 1.29 is 13.5 Å². The maximum absolute atomic E-state index is 13.0. The van der Waals surface area contributed by atoms with Crippen LogP contribution in [0.2, 0.25) is 0 Å². The van der Waals surface area contributed by atoms with Gasteiger partial charge in [-0.2, -0.15) is 0 Å². The van der Waals surface area contributed by atoms with E-state index in [1.165, 1.54) is 24.3 Å². The lowest BCUT2D eigenvalue weighted by Crippen LogP contribution is -2.04. The zero-order valence-corrected chi connectivity index (χ0v) is 14.1. The van der Waals surface area contributed by atoms with E-state index in [2.05, 4.69) is 13.8 Å². The minimum atomic E-state index is -3.65. The maximum Gasteiger partial charge on any atom is 0.208 e. The van der Waals surface area contributed by atoms with Crippen LogP contribution in [0.5, 0.6) is 5.75 Å². The summed E-state index contributed by atoms with van der Waals surface area (Å²) in [5, 5.41) is 9.37. The van der Waals surface area contributed by atoms with Crippen LogP contribution in [0, 0.1) is 6.92 Å². The van der Waals surface area contributed by atoms with E-state index in [1.54, 1.807) is 12.1 Å². The summed E-state index contributed by atoms with van der Waals surface area (Å²) in [5.41, 5.74) is 2.83. The fourth-order valence-corrected chi connectivity index (χ4v) is 4.44. The first-order valence-corrected chi connectivity index (χ1v) is 8.95. The average molecular weight is 329 g/mol. The first kappa shape index (κ1) is 15.6. The predicted octanol–water partition coefficient (Wildman–Crippen LogP) is 3.91. The molecule has 3 aromatic rings. The Bertz CT molecular complexity index is 967. The van der Waals surface area contributed by atoms with Crippen LogP contribution in [0.1, 0.15) is 30.9 Å². The number of aromatic nitrogens is 1. The molecule has 0 fully saturated rings. The van der Waals surface area contributed by atoms with Crippen molar-refractivity contribution in [2.75, 3.05) is 0 Å². The molecule has 2 heterocycles. The fraction of sp³-hybridized carbons (Fsp3) is 0.222. The number of phenols is 1. The van der Waals surface area contributed by atoms with E-state index in [4.69, 9.17) is 0 Å². The molecule has 1 aromatic carbocycles. The molecule has 0 bridgehead atoms. The van der Waals surface area contributed by atoms with Crippen molar-refractivity contribution in [2.24, 2.45) is 0 Å². The summed E-state index contributed by atoms with van der Waals surface area (Å²) < 4.78 is 27.9. The van der Waals surface area contributed by atoms with Crippen molar-refractivity contribution in [3.63, 3.8) is 0 Å². The number of phenolic OH excluding ortho intramolecular Hbond substituents is 1. The zero-order chi connectivity index (χ0) is 16.8. The van der Waals surface area contributed by atoms with Crippen LogP contribution in [0.15, 0.2) is 58.6 Å². The van der Waals surface area contributed by atoms with E-state index < -0.39 is 9.84 Å². The van der Waals surface area contributed by atoms with Crippen LogP contribution in [-0.2, 0) is 9.84 Å². The van der Waals surface area contributed by atoms with Gasteiger partial charge in [0, 0.05) is 12.4 Å². The number of benzene rings is 1. The molecule has 0 aliphatic heterocycles. The van der Waals surface area contributed by atoms with Crippen molar-refractivity contribution in [2.45, 2.75) is 36.5 Å². The largest absolute Gasteiger partial charge is 0.508 e. The molecular formula is C18H19NO3S. The Balaban J connectivity index is 2.29. The lowest BCUT2D eigenvalue weighted by molar-refractivity contribution is 0.475. The van der Waals surface area contributed by atoms with Gasteiger partial charge < -0.3 is 9.51 Å². The van der Waals surface area contributed by atoms with Gasteiger partial charge in [-0.15, -0.1) is 0 Å². The van der Waals surface area contributed by atoms with Gasteiger partial charge in [-0.3, -0.25) is 0 Å². The molecule has 0 spiro atoms. The SMILES string of the molecule is Cc1c(C(C)C)cn2cccc(S(=O)(=O)c3ccc(O)cc3)c12. The number of aryl methyl sites for hydroxylation is 1. The Morgan fingerprint density at radius 2 is 1.74 bits per heavy atom. The van der Waals surface area contributed by atoms with E-state index in [-0.39, 0.29) is 15.5 Å². The van der Waals surface area contributed by atoms with Crippen molar-refractivity contribution in [3.05, 3.63) is 59.9 Å². The Hall–Kier alpha value is -2.27. The summed E-state index contributed by atoms with van der Waals surface area (Å²) in [7, 11) is -3.65. The van der Waals surface area contributed by atoms with Crippen molar-refractivity contribution >= 4 is 15.4 Å². The molecule has 0 aliphatic carbocycles. The van der Waals surface area contributed by atoms with Gasteiger partial charge in [0.05, 0.1) is 15.3 Å². The molecule has 4 nitrogen and oxygen atoms in total. The Morgan fingerprint density at radius 3 is 2.35 bits per heavy atom. The lowest BCUT2D eigenvalue weighted by atomic mass is 10.0. The van der Waals surface area contributed by atoms with Gasteiger partial charge in [0.2, 0.25) is 9.84 Å². The van der Waals surface area contributed by atoms with Gasteiger partial charge >= 0.3 is 0 Å². The highest BCUT2D eigenvalue weighted by molar-refractivity contribution is 7.91. The third-order valence-electron chi connectivity index (χ3n) is 4.11. The minimum Gasteiger partial charge on any atom is -0.508 e. The van der Waals surface area contributed by atoms with E-state index in [0.29, 0.717) is 11.4 Å². The highest BCUT2D eigenvalue weighted by atomic mass is 32.2. The topological polar surface area (TPSA) is 58.8 Å². The standard InChI is InChI=1S/C18H19NO3S/c1-12(2)16-11-19-10-4-5-17(18(19)13(16)3)23(21,22)15-8-6-14(20)7-9-15/h4-12,20H,1-3H3. The number of hydrogen-bond acceptors (Lipinski definition) is 3. The van der Waals surface area contributed by atoms with E-state index in [0.717, 1.165) is 11.1 Å². The quantitative estimate of drug-likeness (QED) is 0.792. The molecule has 0 amide bonds. The predicted molar refractivity (Wildman–Crippen MR) is 89.8 cm³/mol. The molecule has 23 heavy (non-hydrogen) atoms. The summed E-state index contributed by atoms with van der Waals surface area (Å²) in [6.07, 6.45) is 3.86. The highest BCUT2D eigenvalue weighted by Gasteiger charge is 2.23.